The number of benzene rings is 10. The summed E-state index contributed by atoms with van der Waals surface area (Å²) < 4.78 is 0. The molecule has 0 heterocycles. The molecule has 10 aliphatic rings. The minimum absolute atomic E-state index is 0.426. The molecule has 74 heavy (non-hydrogen) atoms. The Hall–Kier alpha value is -7.22. The van der Waals surface area contributed by atoms with Crippen LogP contribution in [-0.2, 0) is 5.41 Å². The van der Waals surface area contributed by atoms with E-state index in [1.54, 1.807) is 27.8 Å². The zero-order valence-electron chi connectivity index (χ0n) is 42.0. The van der Waals surface area contributed by atoms with E-state index in [1.165, 1.54) is 164 Å². The van der Waals surface area contributed by atoms with Crippen molar-refractivity contribution in [2.24, 2.45) is 23.7 Å². The number of anilines is 3. The molecule has 0 aliphatic heterocycles. The molecule has 1 spiro atoms. The maximum atomic E-state index is 2.89. The number of fused-ring (bicyclic) bond motifs is 16. The second-order valence-corrected chi connectivity index (χ2v) is 24.7. The zero-order valence-corrected chi connectivity index (χ0v) is 42.0. The molecule has 4 fully saturated rings. The Morgan fingerprint density at radius 1 is 0.311 bits per heavy atom. The first-order valence-electron chi connectivity index (χ1n) is 28.5. The summed E-state index contributed by atoms with van der Waals surface area (Å²) in [4.78, 5) is 2.83. The van der Waals surface area contributed by atoms with Gasteiger partial charge in [0.25, 0.3) is 0 Å². The lowest BCUT2D eigenvalue weighted by molar-refractivity contribution is 0.165. The van der Waals surface area contributed by atoms with Gasteiger partial charge in [-0.25, -0.2) is 0 Å². The molecule has 1 heteroatoms. The molecule has 20 rings (SSSR count). The molecule has 8 bridgehead atoms. The van der Waals surface area contributed by atoms with E-state index in [1.807, 2.05) is 0 Å². The van der Waals surface area contributed by atoms with Gasteiger partial charge in [-0.05, 0) is 240 Å². The predicted molar refractivity (Wildman–Crippen MR) is 306 cm³/mol. The fourth-order valence-corrected chi connectivity index (χ4v) is 18.7. The maximum absolute atomic E-state index is 2.89. The van der Waals surface area contributed by atoms with E-state index in [0.29, 0.717) is 23.7 Å². The molecule has 356 valence electrons. The summed E-state index contributed by atoms with van der Waals surface area (Å²) in [6.45, 7) is 0. The summed E-state index contributed by atoms with van der Waals surface area (Å²) in [5, 5.41) is 7.96. The Balaban J connectivity index is 1.00. The van der Waals surface area contributed by atoms with Gasteiger partial charge in [0.15, 0.2) is 0 Å². The first-order chi connectivity index (χ1) is 36.6. The quantitative estimate of drug-likeness (QED) is 0.159. The smallest absolute Gasteiger partial charge is 0.0726 e. The highest BCUT2D eigenvalue weighted by atomic mass is 15.2. The van der Waals surface area contributed by atoms with E-state index in [2.05, 4.69) is 193 Å². The summed E-state index contributed by atoms with van der Waals surface area (Å²) in [5.74, 6) is 5.70. The second kappa shape index (κ2) is 15.0. The molecule has 0 radical (unpaired) electrons. The van der Waals surface area contributed by atoms with Crippen LogP contribution in [0, 0.1) is 23.7 Å². The molecule has 0 N–H and O–H groups in total. The summed E-state index contributed by atoms with van der Waals surface area (Å²) >= 11 is 0. The Kier molecular flexibility index (Phi) is 8.33. The lowest BCUT2D eigenvalue weighted by atomic mass is 9.66. The van der Waals surface area contributed by atoms with Crippen molar-refractivity contribution >= 4 is 49.4 Å². The van der Waals surface area contributed by atoms with Crippen LogP contribution in [-0.4, -0.2) is 0 Å². The Morgan fingerprint density at radius 2 is 0.770 bits per heavy atom. The van der Waals surface area contributed by atoms with Gasteiger partial charge in [0.2, 0.25) is 0 Å². The molecule has 4 saturated carbocycles. The second-order valence-electron chi connectivity index (χ2n) is 24.7. The van der Waals surface area contributed by atoms with Crippen molar-refractivity contribution in [3.8, 4) is 33.4 Å². The minimum atomic E-state index is -0.426. The molecule has 10 aliphatic carbocycles. The van der Waals surface area contributed by atoms with Gasteiger partial charge in [-0.3, -0.25) is 0 Å². The van der Waals surface area contributed by atoms with Crippen LogP contribution in [0.3, 0.4) is 0 Å². The SMILES string of the molecule is c1ccc(-c2ccc(N(c3ccc4c5ccccc5c5ccccc5c4c3)c3c4c(cc5c3C3CC6CC(CC5C6)C3)C3(c5ccccc5-c5ccccc53)c3cc5c(cc3-4)C3CC4CC(C3)CC5C4)cc2)cc1. The Bertz CT molecular complexity index is 3940. The van der Waals surface area contributed by atoms with Crippen LogP contribution in [0.25, 0.3) is 65.7 Å². The molecular formula is C73H59N. The molecule has 0 amide bonds. The molecule has 4 atom stereocenters. The highest BCUT2D eigenvalue weighted by Crippen LogP contribution is 2.70. The first kappa shape index (κ1) is 41.2. The Labute approximate surface area is 434 Å². The van der Waals surface area contributed by atoms with Crippen molar-refractivity contribution in [3.05, 3.63) is 233 Å². The van der Waals surface area contributed by atoms with Crippen molar-refractivity contribution in [1.29, 1.82) is 0 Å². The highest BCUT2D eigenvalue weighted by molar-refractivity contribution is 6.26. The maximum Gasteiger partial charge on any atom is 0.0726 e. The van der Waals surface area contributed by atoms with Crippen LogP contribution in [0.4, 0.5) is 17.1 Å². The van der Waals surface area contributed by atoms with Gasteiger partial charge in [-0.1, -0.05) is 164 Å². The van der Waals surface area contributed by atoms with Crippen LogP contribution in [0.5, 0.6) is 0 Å². The standard InChI is InChI=1S/C73H59N/c1-2-12-46(13-3-1)47-22-24-52(25-23-47)74(53-26-27-58-56-16-5-4-14-54(56)55-15-6-7-17-57(55)64(58)38-53)72-70-51-36-44-29-45(37-51)35-50(34-44)63(70)41-69-71(72)65-39-61-48-30-42-28-43(31-48)33-49(32-42)62(61)40-68(65)73(69)66-20-10-8-18-59(66)60-19-9-11-21-67(60)73/h1-27,38-45,48-51H,28-37H2. The van der Waals surface area contributed by atoms with Crippen molar-refractivity contribution in [1.82, 2.24) is 0 Å². The zero-order chi connectivity index (χ0) is 48.0. The van der Waals surface area contributed by atoms with Crippen LogP contribution in [0.15, 0.2) is 188 Å². The van der Waals surface area contributed by atoms with E-state index in [4.69, 9.17) is 0 Å². The molecule has 10 aromatic rings. The summed E-state index contributed by atoms with van der Waals surface area (Å²) in [5.41, 5.74) is 24.7. The Morgan fingerprint density at radius 3 is 1.38 bits per heavy atom. The third-order valence-corrected chi connectivity index (χ3v) is 21.1. The topological polar surface area (TPSA) is 3.24 Å². The summed E-state index contributed by atoms with van der Waals surface area (Å²) in [6, 6.07) is 74.5. The number of nitrogens with zero attached hydrogens (tertiary/aromatic N) is 1. The van der Waals surface area contributed by atoms with E-state index < -0.39 is 5.41 Å². The van der Waals surface area contributed by atoms with Gasteiger partial charge in [0, 0.05) is 16.9 Å². The van der Waals surface area contributed by atoms with Crippen LogP contribution < -0.4 is 4.90 Å². The van der Waals surface area contributed by atoms with E-state index >= 15 is 0 Å². The lowest BCUT2D eigenvalue weighted by Gasteiger charge is -2.39. The van der Waals surface area contributed by atoms with Crippen LogP contribution in [0.1, 0.15) is 132 Å². The van der Waals surface area contributed by atoms with Crippen molar-refractivity contribution in [3.63, 3.8) is 0 Å². The van der Waals surface area contributed by atoms with Gasteiger partial charge in [-0.15, -0.1) is 0 Å². The monoisotopic (exact) mass is 949 g/mol. The molecule has 10 aromatic carbocycles. The highest BCUT2D eigenvalue weighted by Gasteiger charge is 2.56. The third-order valence-electron chi connectivity index (χ3n) is 21.1. The van der Waals surface area contributed by atoms with Gasteiger partial charge >= 0.3 is 0 Å². The molecular weight excluding hydrogens is 891 g/mol. The first-order valence-corrected chi connectivity index (χ1v) is 28.5. The van der Waals surface area contributed by atoms with Crippen LogP contribution >= 0.6 is 0 Å². The fraction of sp³-hybridized carbons (Fsp3) is 0.260. The van der Waals surface area contributed by atoms with Crippen molar-refractivity contribution in [2.75, 3.05) is 4.90 Å². The third kappa shape index (κ3) is 5.46. The number of hydrogen-bond acceptors (Lipinski definition) is 1. The normalized spacial score (nSPS) is 25.4. The van der Waals surface area contributed by atoms with E-state index in [9.17, 15) is 0 Å². The average Bonchev–Trinajstić information content (AvgIpc) is 3.76. The van der Waals surface area contributed by atoms with Gasteiger partial charge < -0.3 is 4.90 Å². The lowest BCUT2D eigenvalue weighted by Crippen LogP contribution is -2.27. The van der Waals surface area contributed by atoms with Crippen molar-refractivity contribution < 1.29 is 0 Å². The van der Waals surface area contributed by atoms with Gasteiger partial charge in [0.05, 0.1) is 11.1 Å². The molecule has 4 unspecified atom stereocenters. The van der Waals surface area contributed by atoms with Gasteiger partial charge in [-0.2, -0.15) is 0 Å². The summed E-state index contributed by atoms with van der Waals surface area (Å²) in [7, 11) is 0. The average molecular weight is 950 g/mol. The number of hydrogen-bond donors (Lipinski definition) is 0. The van der Waals surface area contributed by atoms with Gasteiger partial charge in [0.1, 0.15) is 0 Å². The fourth-order valence-electron chi connectivity index (χ4n) is 18.7. The molecule has 0 saturated heterocycles. The van der Waals surface area contributed by atoms with E-state index in [0.717, 1.165) is 23.7 Å². The predicted octanol–water partition coefficient (Wildman–Crippen LogP) is 19.4. The van der Waals surface area contributed by atoms with Crippen LogP contribution in [0.2, 0.25) is 0 Å². The largest absolute Gasteiger partial charge is 0.310 e. The molecule has 1 nitrogen and oxygen atoms in total. The summed E-state index contributed by atoms with van der Waals surface area (Å²) in [6.07, 6.45) is 13.6. The molecule has 0 aromatic heterocycles. The van der Waals surface area contributed by atoms with E-state index in [-0.39, 0.29) is 0 Å². The minimum Gasteiger partial charge on any atom is -0.310 e. The van der Waals surface area contributed by atoms with Crippen molar-refractivity contribution in [2.45, 2.75) is 93.3 Å². The number of rotatable bonds is 4.